The van der Waals surface area contributed by atoms with Crippen LogP contribution in [0.15, 0.2) is 67.3 Å². The highest BCUT2D eigenvalue weighted by atomic mass is 19.1. The van der Waals surface area contributed by atoms with E-state index in [2.05, 4.69) is 9.97 Å². The topological polar surface area (TPSA) is 30.2 Å². The van der Waals surface area contributed by atoms with Crippen molar-refractivity contribution in [3.63, 3.8) is 0 Å². The zero-order chi connectivity index (χ0) is 18.1. The van der Waals surface area contributed by atoms with Crippen molar-refractivity contribution in [2.24, 2.45) is 0 Å². The van der Waals surface area contributed by atoms with Crippen LogP contribution in [0.4, 0.5) is 4.39 Å². The normalized spacial score (nSPS) is 11.4. The summed E-state index contributed by atoms with van der Waals surface area (Å²) in [4.78, 5) is 8.55. The number of imidazole rings is 1. The molecule has 129 valence electrons. The lowest BCUT2D eigenvalue weighted by molar-refractivity contribution is 0.610. The van der Waals surface area contributed by atoms with E-state index in [1.807, 2.05) is 60.8 Å². The van der Waals surface area contributed by atoms with Crippen LogP contribution in [0, 0.1) is 11.7 Å². The Balaban J connectivity index is 1.73. The molecule has 1 aromatic carbocycles. The van der Waals surface area contributed by atoms with Crippen LogP contribution in [0.1, 0.15) is 19.4 Å². The van der Waals surface area contributed by atoms with Gasteiger partial charge in [0.2, 0.25) is 0 Å². The van der Waals surface area contributed by atoms with Crippen LogP contribution >= 0.6 is 0 Å². The smallest absolute Gasteiger partial charge is 0.137 e. The van der Waals surface area contributed by atoms with E-state index in [0.717, 1.165) is 33.6 Å². The molecule has 0 saturated carbocycles. The molecule has 0 unspecified atom stereocenters. The summed E-state index contributed by atoms with van der Waals surface area (Å²) in [5, 5.41) is 0. The molecule has 3 aromatic heterocycles. The van der Waals surface area contributed by atoms with Crippen LogP contribution in [0.25, 0.3) is 28.0 Å². The molecule has 0 aliphatic rings. The monoisotopic (exact) mass is 344 g/mol. The zero-order valence-electron chi connectivity index (χ0n) is 14.8. The Bertz CT molecular complexity index is 1050. The van der Waals surface area contributed by atoms with Crippen LogP contribution in [-0.4, -0.2) is 14.4 Å². The third kappa shape index (κ3) is 3.10. The summed E-state index contributed by atoms with van der Waals surface area (Å²) >= 11 is 0. The van der Waals surface area contributed by atoms with Gasteiger partial charge in [0.1, 0.15) is 11.5 Å². The van der Waals surface area contributed by atoms with Crippen LogP contribution in [0.2, 0.25) is 0 Å². The molecule has 0 saturated heterocycles. The van der Waals surface area contributed by atoms with E-state index in [1.165, 1.54) is 5.92 Å². The van der Waals surface area contributed by atoms with Gasteiger partial charge < -0.3 is 0 Å². The van der Waals surface area contributed by atoms with E-state index in [0.29, 0.717) is 6.42 Å². The second-order valence-electron chi connectivity index (χ2n) is 6.71. The molecule has 3 nitrogen and oxygen atoms in total. The van der Waals surface area contributed by atoms with Gasteiger partial charge >= 0.3 is 0 Å². The van der Waals surface area contributed by atoms with Crippen molar-refractivity contribution in [3.05, 3.63) is 84.6 Å². The predicted molar refractivity (Wildman–Crippen MR) is 102 cm³/mol. The number of hydrogen-bond acceptors (Lipinski definition) is 2. The van der Waals surface area contributed by atoms with Gasteiger partial charge in [-0.1, -0.05) is 26.0 Å². The SMILES string of the molecule is C[C](C)Cc1ccc(-c2cnc3cc(-c4ccncc4)ccn23)cc1F. The minimum atomic E-state index is -0.174. The first-order chi connectivity index (χ1) is 12.6. The number of halogens is 1. The Kier molecular flexibility index (Phi) is 4.25. The number of fused-ring (bicyclic) bond motifs is 1. The Morgan fingerprint density at radius 3 is 2.50 bits per heavy atom. The molecule has 0 fully saturated rings. The summed E-state index contributed by atoms with van der Waals surface area (Å²) in [5.41, 5.74) is 5.42. The summed E-state index contributed by atoms with van der Waals surface area (Å²) in [6.07, 6.45) is 7.97. The molecule has 0 aliphatic carbocycles. The molecule has 0 aliphatic heterocycles. The number of pyridine rings is 2. The van der Waals surface area contributed by atoms with Gasteiger partial charge in [0.15, 0.2) is 0 Å². The molecular weight excluding hydrogens is 325 g/mol. The maximum Gasteiger partial charge on any atom is 0.137 e. The lowest BCUT2D eigenvalue weighted by atomic mass is 10.0. The molecule has 0 N–H and O–H groups in total. The minimum Gasteiger partial charge on any atom is -0.300 e. The molecule has 1 radical (unpaired) electrons. The Morgan fingerprint density at radius 1 is 0.962 bits per heavy atom. The molecule has 0 bridgehead atoms. The molecule has 4 aromatic rings. The number of rotatable bonds is 4. The Labute approximate surface area is 152 Å². The van der Waals surface area contributed by atoms with E-state index in [1.54, 1.807) is 24.7 Å². The van der Waals surface area contributed by atoms with Crippen molar-refractivity contribution in [3.8, 4) is 22.4 Å². The van der Waals surface area contributed by atoms with Crippen LogP contribution < -0.4 is 0 Å². The third-order valence-corrected chi connectivity index (χ3v) is 4.42. The predicted octanol–water partition coefficient (Wildman–Crippen LogP) is 5.36. The lowest BCUT2D eigenvalue weighted by Crippen LogP contribution is -1.97. The van der Waals surface area contributed by atoms with Crippen LogP contribution in [-0.2, 0) is 6.42 Å². The first kappa shape index (κ1) is 16.5. The molecule has 4 heteroatoms. The Morgan fingerprint density at radius 2 is 1.77 bits per heavy atom. The van der Waals surface area contributed by atoms with Crippen molar-refractivity contribution in [2.45, 2.75) is 20.3 Å². The Hall–Kier alpha value is -3.01. The summed E-state index contributed by atoms with van der Waals surface area (Å²) < 4.78 is 16.4. The quantitative estimate of drug-likeness (QED) is 0.499. The second-order valence-corrected chi connectivity index (χ2v) is 6.71. The summed E-state index contributed by atoms with van der Waals surface area (Å²) in [5.74, 6) is 1.02. The van der Waals surface area contributed by atoms with E-state index < -0.39 is 0 Å². The van der Waals surface area contributed by atoms with Crippen molar-refractivity contribution >= 4 is 5.65 Å². The number of benzene rings is 1. The van der Waals surface area contributed by atoms with Gasteiger partial charge in [-0.15, -0.1) is 0 Å². The highest BCUT2D eigenvalue weighted by Crippen LogP contribution is 2.27. The van der Waals surface area contributed by atoms with Gasteiger partial charge in [-0.3, -0.25) is 9.38 Å². The standard InChI is InChI=1S/C22H19FN3/c1-15(2)11-18-3-4-19(12-20(18)23)21-14-25-22-13-17(7-10-26(21)22)16-5-8-24-9-6-16/h3-10,12-14H,11H2,1-2H3. The van der Waals surface area contributed by atoms with E-state index in [9.17, 15) is 4.39 Å². The zero-order valence-corrected chi connectivity index (χ0v) is 14.8. The summed E-state index contributed by atoms with van der Waals surface area (Å²) in [6, 6.07) is 13.4. The molecule has 3 heterocycles. The molecule has 26 heavy (non-hydrogen) atoms. The van der Waals surface area contributed by atoms with Crippen molar-refractivity contribution in [1.82, 2.24) is 14.4 Å². The third-order valence-electron chi connectivity index (χ3n) is 4.42. The molecule has 0 atom stereocenters. The first-order valence-corrected chi connectivity index (χ1v) is 8.57. The summed E-state index contributed by atoms with van der Waals surface area (Å²) in [6.45, 7) is 4.02. The number of aromatic nitrogens is 3. The van der Waals surface area contributed by atoms with Gasteiger partial charge in [-0.05, 0) is 59.4 Å². The van der Waals surface area contributed by atoms with E-state index in [4.69, 9.17) is 0 Å². The minimum absolute atomic E-state index is 0.174. The average molecular weight is 344 g/mol. The second kappa shape index (κ2) is 6.71. The molecule has 0 spiro atoms. The fourth-order valence-corrected chi connectivity index (χ4v) is 3.15. The van der Waals surface area contributed by atoms with Crippen molar-refractivity contribution in [1.29, 1.82) is 0 Å². The number of nitrogens with zero attached hydrogens (tertiary/aromatic N) is 3. The number of hydrogen-bond donors (Lipinski definition) is 0. The largest absolute Gasteiger partial charge is 0.300 e. The van der Waals surface area contributed by atoms with Crippen molar-refractivity contribution < 1.29 is 4.39 Å². The maximum absolute atomic E-state index is 14.4. The van der Waals surface area contributed by atoms with Crippen LogP contribution in [0.5, 0.6) is 0 Å². The van der Waals surface area contributed by atoms with Gasteiger partial charge in [0, 0.05) is 24.2 Å². The lowest BCUT2D eigenvalue weighted by Gasteiger charge is -2.09. The van der Waals surface area contributed by atoms with Gasteiger partial charge in [0.25, 0.3) is 0 Å². The van der Waals surface area contributed by atoms with Gasteiger partial charge in [-0.25, -0.2) is 9.37 Å². The highest BCUT2D eigenvalue weighted by molar-refractivity contribution is 5.70. The first-order valence-electron chi connectivity index (χ1n) is 8.57. The highest BCUT2D eigenvalue weighted by Gasteiger charge is 2.11. The molecular formula is C22H19FN3. The van der Waals surface area contributed by atoms with Gasteiger partial charge in [0.05, 0.1) is 11.9 Å². The van der Waals surface area contributed by atoms with E-state index >= 15 is 0 Å². The van der Waals surface area contributed by atoms with E-state index in [-0.39, 0.29) is 5.82 Å². The van der Waals surface area contributed by atoms with Crippen LogP contribution in [0.3, 0.4) is 0 Å². The fraction of sp³-hybridized carbons (Fsp3) is 0.136. The maximum atomic E-state index is 14.4. The average Bonchev–Trinajstić information content (AvgIpc) is 3.07. The van der Waals surface area contributed by atoms with Gasteiger partial charge in [-0.2, -0.15) is 0 Å². The molecule has 4 rings (SSSR count). The van der Waals surface area contributed by atoms with Crippen molar-refractivity contribution in [2.75, 3.05) is 0 Å². The fourth-order valence-electron chi connectivity index (χ4n) is 3.15. The summed E-state index contributed by atoms with van der Waals surface area (Å²) in [7, 11) is 0. The molecule has 0 amide bonds.